The zero-order chi connectivity index (χ0) is 16.6. The molecule has 1 saturated heterocycles. The van der Waals surface area contributed by atoms with Crippen molar-refractivity contribution >= 4 is 6.03 Å². The molecule has 0 radical (unpaired) electrons. The highest BCUT2D eigenvalue weighted by molar-refractivity contribution is 5.74. The maximum atomic E-state index is 12.4. The highest BCUT2D eigenvalue weighted by Crippen LogP contribution is 2.59. The summed E-state index contributed by atoms with van der Waals surface area (Å²) in [5, 5.41) is 12.5. The Hall–Kier alpha value is -1.55. The third-order valence-electron chi connectivity index (χ3n) is 6.42. The molecule has 1 aliphatic heterocycles. The van der Waals surface area contributed by atoms with Crippen LogP contribution < -0.4 is 5.32 Å². The summed E-state index contributed by atoms with van der Waals surface area (Å²) in [5.41, 5.74) is 3.38. The van der Waals surface area contributed by atoms with Crippen molar-refractivity contribution in [3.8, 4) is 0 Å². The number of carbonyl (C=O) groups is 1. The summed E-state index contributed by atoms with van der Waals surface area (Å²) in [6.07, 6.45) is 6.98. The van der Waals surface area contributed by atoms with Crippen LogP contribution in [-0.2, 0) is 11.8 Å². The molecular formula is C20H28N2O2. The number of nitrogens with zero attached hydrogens (tertiary/aromatic N) is 1. The molecule has 1 aromatic rings. The minimum Gasteiger partial charge on any atom is -0.396 e. The van der Waals surface area contributed by atoms with E-state index in [0.29, 0.717) is 17.9 Å². The first-order valence-corrected chi connectivity index (χ1v) is 9.45. The minimum atomic E-state index is 0.0549. The van der Waals surface area contributed by atoms with Gasteiger partial charge in [0.2, 0.25) is 0 Å². The van der Waals surface area contributed by atoms with E-state index in [2.05, 4.69) is 29.6 Å². The first-order chi connectivity index (χ1) is 11.7. The van der Waals surface area contributed by atoms with E-state index >= 15 is 0 Å². The van der Waals surface area contributed by atoms with E-state index in [1.54, 1.807) is 0 Å². The first-order valence-electron chi connectivity index (χ1n) is 9.45. The van der Waals surface area contributed by atoms with Crippen LogP contribution in [0, 0.1) is 11.8 Å². The molecule has 2 N–H and O–H groups in total. The number of nitrogens with one attached hydrogen (secondary N) is 1. The fraction of sp³-hybridized carbons (Fsp3) is 0.650. The molecular weight excluding hydrogens is 300 g/mol. The lowest BCUT2D eigenvalue weighted by atomic mass is 9.78. The molecule has 0 bridgehead atoms. The van der Waals surface area contributed by atoms with Crippen molar-refractivity contribution in [2.24, 2.45) is 11.8 Å². The molecule has 3 aliphatic rings. The van der Waals surface area contributed by atoms with Gasteiger partial charge in [0, 0.05) is 31.7 Å². The Kier molecular flexibility index (Phi) is 4.25. The topological polar surface area (TPSA) is 52.6 Å². The van der Waals surface area contributed by atoms with Crippen molar-refractivity contribution in [3.05, 3.63) is 35.4 Å². The van der Waals surface area contributed by atoms with E-state index in [0.717, 1.165) is 25.9 Å². The Labute approximate surface area is 144 Å². The number of benzene rings is 1. The van der Waals surface area contributed by atoms with Crippen molar-refractivity contribution in [2.75, 3.05) is 26.2 Å². The molecule has 1 heterocycles. The van der Waals surface area contributed by atoms with Crippen LogP contribution in [0.1, 0.15) is 43.2 Å². The van der Waals surface area contributed by atoms with Gasteiger partial charge in [-0.05, 0) is 61.5 Å². The average molecular weight is 328 g/mol. The van der Waals surface area contributed by atoms with E-state index in [1.807, 2.05) is 4.90 Å². The zero-order valence-electron chi connectivity index (χ0n) is 14.3. The molecule has 1 spiro atoms. The third kappa shape index (κ3) is 2.81. The number of hydrogen-bond acceptors (Lipinski definition) is 2. The number of aliphatic hydroxyl groups is 1. The molecule has 0 aromatic heterocycles. The van der Waals surface area contributed by atoms with Gasteiger partial charge in [-0.2, -0.15) is 0 Å². The lowest BCUT2D eigenvalue weighted by molar-refractivity contribution is 0.129. The van der Waals surface area contributed by atoms with Crippen LogP contribution in [0.25, 0.3) is 0 Å². The van der Waals surface area contributed by atoms with E-state index in [1.165, 1.54) is 36.8 Å². The number of piperidine rings is 1. The Balaban J connectivity index is 1.35. The van der Waals surface area contributed by atoms with E-state index in [4.69, 9.17) is 0 Å². The van der Waals surface area contributed by atoms with Crippen molar-refractivity contribution in [2.45, 2.75) is 43.9 Å². The van der Waals surface area contributed by atoms with Gasteiger partial charge < -0.3 is 15.3 Å². The molecule has 130 valence electrons. The van der Waals surface area contributed by atoms with E-state index in [-0.39, 0.29) is 18.6 Å². The van der Waals surface area contributed by atoms with Crippen molar-refractivity contribution in [1.29, 1.82) is 0 Å². The molecule has 4 heteroatoms. The highest BCUT2D eigenvalue weighted by Gasteiger charge is 2.56. The standard InChI is InChI=1S/C20H28N2O2/c23-14-15-5-4-10-22(13-15)19(24)21-12-17-11-20(17)9-3-7-16-6-1-2-8-18(16)20/h1-2,6,8,15,17,23H,3-5,7,9-14H2,(H,21,24)/t15-,17-,20-/m0/s1. The third-order valence-corrected chi connectivity index (χ3v) is 6.42. The van der Waals surface area contributed by atoms with Gasteiger partial charge in [-0.3, -0.25) is 0 Å². The van der Waals surface area contributed by atoms with Crippen LogP contribution in [0.15, 0.2) is 24.3 Å². The number of carbonyl (C=O) groups excluding carboxylic acids is 1. The second-order valence-electron chi connectivity index (χ2n) is 7.89. The Morgan fingerprint density at radius 1 is 1.33 bits per heavy atom. The maximum absolute atomic E-state index is 12.4. The summed E-state index contributed by atoms with van der Waals surface area (Å²) in [6.45, 7) is 2.49. The van der Waals surface area contributed by atoms with Crippen LogP contribution in [0.3, 0.4) is 0 Å². The van der Waals surface area contributed by atoms with Gasteiger partial charge in [-0.25, -0.2) is 4.79 Å². The number of hydrogen-bond donors (Lipinski definition) is 2. The molecule has 1 aromatic carbocycles. The number of rotatable bonds is 3. The fourth-order valence-corrected chi connectivity index (χ4v) is 4.96. The largest absolute Gasteiger partial charge is 0.396 e. The Morgan fingerprint density at radius 2 is 2.21 bits per heavy atom. The second-order valence-corrected chi connectivity index (χ2v) is 7.89. The number of amides is 2. The number of fused-ring (bicyclic) bond motifs is 2. The van der Waals surface area contributed by atoms with Crippen LogP contribution in [0.2, 0.25) is 0 Å². The maximum Gasteiger partial charge on any atom is 0.317 e. The van der Waals surface area contributed by atoms with Gasteiger partial charge in [0.05, 0.1) is 0 Å². The lowest BCUT2D eigenvalue weighted by Gasteiger charge is -2.32. The minimum absolute atomic E-state index is 0.0549. The number of likely N-dealkylation sites (tertiary alicyclic amines) is 1. The predicted molar refractivity (Wildman–Crippen MR) is 93.9 cm³/mol. The first kappa shape index (κ1) is 15.9. The Bertz CT molecular complexity index is 617. The van der Waals surface area contributed by atoms with Crippen LogP contribution in [0.4, 0.5) is 4.79 Å². The quantitative estimate of drug-likeness (QED) is 0.896. The van der Waals surface area contributed by atoms with Gasteiger partial charge >= 0.3 is 6.03 Å². The smallest absolute Gasteiger partial charge is 0.317 e. The SMILES string of the molecule is O=C(NC[C@@H]1C[C@@]12CCCc1ccccc12)N1CCC[C@H](CO)C1. The number of aryl methyl sites for hydroxylation is 1. The zero-order valence-corrected chi connectivity index (χ0v) is 14.3. The second kappa shape index (κ2) is 6.40. The summed E-state index contributed by atoms with van der Waals surface area (Å²) in [4.78, 5) is 14.3. The van der Waals surface area contributed by atoms with E-state index in [9.17, 15) is 9.90 Å². The Morgan fingerprint density at radius 3 is 3.08 bits per heavy atom. The molecule has 2 fully saturated rings. The van der Waals surface area contributed by atoms with Gasteiger partial charge in [0.15, 0.2) is 0 Å². The summed E-state index contributed by atoms with van der Waals surface area (Å²) in [6, 6.07) is 8.92. The molecule has 3 atom stereocenters. The lowest BCUT2D eigenvalue weighted by Crippen LogP contribution is -2.46. The number of aliphatic hydroxyl groups excluding tert-OH is 1. The van der Waals surface area contributed by atoms with Gasteiger partial charge in [0.1, 0.15) is 0 Å². The summed E-state index contributed by atoms with van der Waals surface area (Å²) in [5.74, 6) is 0.836. The van der Waals surface area contributed by atoms with Crippen molar-refractivity contribution in [1.82, 2.24) is 10.2 Å². The average Bonchev–Trinajstić information content (AvgIpc) is 3.33. The monoisotopic (exact) mass is 328 g/mol. The molecule has 4 nitrogen and oxygen atoms in total. The van der Waals surface area contributed by atoms with Crippen molar-refractivity contribution < 1.29 is 9.90 Å². The fourth-order valence-electron chi connectivity index (χ4n) is 4.96. The molecule has 24 heavy (non-hydrogen) atoms. The predicted octanol–water partition coefficient (Wildman–Crippen LogP) is 2.69. The van der Waals surface area contributed by atoms with Crippen LogP contribution in [0.5, 0.6) is 0 Å². The van der Waals surface area contributed by atoms with Crippen LogP contribution >= 0.6 is 0 Å². The molecule has 1 saturated carbocycles. The van der Waals surface area contributed by atoms with Crippen LogP contribution in [-0.4, -0.2) is 42.3 Å². The summed E-state index contributed by atoms with van der Waals surface area (Å²) < 4.78 is 0. The van der Waals surface area contributed by atoms with E-state index < -0.39 is 0 Å². The molecule has 2 amide bonds. The molecule has 2 aliphatic carbocycles. The highest BCUT2D eigenvalue weighted by atomic mass is 16.3. The molecule has 0 unspecified atom stereocenters. The normalized spacial score (nSPS) is 31.6. The summed E-state index contributed by atoms with van der Waals surface area (Å²) in [7, 11) is 0. The van der Waals surface area contributed by atoms with Gasteiger partial charge in [-0.15, -0.1) is 0 Å². The number of urea groups is 1. The summed E-state index contributed by atoms with van der Waals surface area (Å²) >= 11 is 0. The molecule has 4 rings (SSSR count). The van der Waals surface area contributed by atoms with Crippen molar-refractivity contribution in [3.63, 3.8) is 0 Å². The van der Waals surface area contributed by atoms with Gasteiger partial charge in [-0.1, -0.05) is 24.3 Å². The van der Waals surface area contributed by atoms with Gasteiger partial charge in [0.25, 0.3) is 0 Å².